The maximum atomic E-state index is 12.0. The van der Waals surface area contributed by atoms with E-state index < -0.39 is 0 Å². The maximum Gasteiger partial charge on any atom is 0.409 e. The van der Waals surface area contributed by atoms with E-state index in [2.05, 4.69) is 25.7 Å². The summed E-state index contributed by atoms with van der Waals surface area (Å²) in [6.45, 7) is 7.73. The molecule has 9 nitrogen and oxygen atoms in total. The van der Waals surface area contributed by atoms with Crippen molar-refractivity contribution in [2.45, 2.75) is 76.2 Å². The minimum absolute atomic E-state index is 0.123. The summed E-state index contributed by atoms with van der Waals surface area (Å²) in [5, 5.41) is 10.1. The van der Waals surface area contributed by atoms with E-state index in [9.17, 15) is 4.79 Å². The second kappa shape index (κ2) is 8.15. The summed E-state index contributed by atoms with van der Waals surface area (Å²) in [4.78, 5) is 19.4. The zero-order valence-electron chi connectivity index (χ0n) is 18.5. The van der Waals surface area contributed by atoms with Crippen LogP contribution in [0.4, 0.5) is 4.79 Å². The fourth-order valence-electron chi connectivity index (χ4n) is 6.66. The molecule has 0 aromatic rings. The number of amides is 1. The van der Waals surface area contributed by atoms with Gasteiger partial charge in [-0.15, -0.1) is 0 Å². The highest BCUT2D eigenvalue weighted by Crippen LogP contribution is 2.50. The monoisotopic (exact) mass is 419 g/mol. The summed E-state index contributed by atoms with van der Waals surface area (Å²) in [6.07, 6.45) is 8.78. The molecule has 2 atom stereocenters. The zero-order valence-corrected chi connectivity index (χ0v) is 18.5. The zero-order chi connectivity index (χ0) is 20.7. The number of piperidine rings is 1. The number of carbonyl (C=O) groups is 1. The van der Waals surface area contributed by atoms with E-state index in [0.29, 0.717) is 30.1 Å². The lowest BCUT2D eigenvalue weighted by molar-refractivity contribution is -0.0211. The summed E-state index contributed by atoms with van der Waals surface area (Å²) < 4.78 is 5.20. The molecule has 1 saturated carbocycles. The van der Waals surface area contributed by atoms with Crippen molar-refractivity contribution in [1.82, 2.24) is 25.1 Å². The van der Waals surface area contributed by atoms with Gasteiger partial charge in [0.1, 0.15) is 6.17 Å². The Labute approximate surface area is 179 Å². The van der Waals surface area contributed by atoms with Gasteiger partial charge < -0.3 is 14.5 Å². The minimum atomic E-state index is -0.123. The second-order valence-corrected chi connectivity index (χ2v) is 9.98. The van der Waals surface area contributed by atoms with Crippen LogP contribution in [-0.2, 0) is 4.74 Å². The van der Waals surface area contributed by atoms with E-state index in [1.54, 1.807) is 0 Å². The molecule has 1 N–H and O–H groups in total. The lowest BCUT2D eigenvalue weighted by Gasteiger charge is -2.52. The Balaban J connectivity index is 1.09. The van der Waals surface area contributed by atoms with Gasteiger partial charge in [-0.2, -0.15) is 0 Å². The Morgan fingerprint density at radius 1 is 1.13 bits per heavy atom. The van der Waals surface area contributed by atoms with Crippen LogP contribution in [0, 0.1) is 5.41 Å². The molecule has 2 unspecified atom stereocenters. The smallest absolute Gasteiger partial charge is 0.409 e. The number of likely N-dealkylation sites (N-methyl/N-ethyl adjacent to an activating group) is 1. The normalized spacial score (nSPS) is 37.7. The molecule has 9 heteroatoms. The van der Waals surface area contributed by atoms with Crippen LogP contribution in [0.2, 0.25) is 0 Å². The van der Waals surface area contributed by atoms with Gasteiger partial charge in [0.05, 0.1) is 12.6 Å². The Morgan fingerprint density at radius 2 is 1.93 bits per heavy atom. The van der Waals surface area contributed by atoms with Crippen molar-refractivity contribution in [2.24, 2.45) is 15.9 Å². The molecule has 0 radical (unpaired) electrons. The molecule has 0 aromatic heterocycles. The Kier molecular flexibility index (Phi) is 5.51. The second-order valence-electron chi connectivity index (χ2n) is 9.98. The van der Waals surface area contributed by atoms with Gasteiger partial charge in [0, 0.05) is 32.2 Å². The molecule has 168 valence electrons. The number of nitrogens with zero attached hydrogens (tertiary/aromatic N) is 6. The number of nitrogens with one attached hydrogen (secondary N) is 1. The van der Waals surface area contributed by atoms with Crippen LogP contribution in [0.3, 0.4) is 0 Å². The summed E-state index contributed by atoms with van der Waals surface area (Å²) >= 11 is 0. The van der Waals surface area contributed by atoms with Crippen LogP contribution in [-0.4, -0.2) is 96.5 Å². The fraction of sp³-hybridized carbons (Fsp3) is 0.952. The number of likely N-dealkylation sites (tertiary alicyclic amines) is 3. The molecule has 4 heterocycles. The molecular formula is C21H37N7O2. The van der Waals surface area contributed by atoms with Crippen molar-refractivity contribution in [2.75, 3.05) is 46.4 Å². The summed E-state index contributed by atoms with van der Waals surface area (Å²) in [5.74, 6) is 0. The summed E-state index contributed by atoms with van der Waals surface area (Å²) in [7, 11) is 2.02. The number of carbonyl (C=O) groups excluding carboxylic acids is 1. The molecule has 1 aliphatic carbocycles. The van der Waals surface area contributed by atoms with Crippen LogP contribution >= 0.6 is 0 Å². The quantitative estimate of drug-likeness (QED) is 0.752. The lowest BCUT2D eigenvalue weighted by Crippen LogP contribution is -2.58. The van der Waals surface area contributed by atoms with Gasteiger partial charge in [0.2, 0.25) is 0 Å². The molecule has 3 saturated heterocycles. The topological polar surface area (TPSA) is 76.0 Å². The van der Waals surface area contributed by atoms with Gasteiger partial charge in [0.25, 0.3) is 0 Å². The predicted molar refractivity (Wildman–Crippen MR) is 113 cm³/mol. The minimum Gasteiger partial charge on any atom is -0.450 e. The highest BCUT2D eigenvalue weighted by molar-refractivity contribution is 5.68. The number of ether oxygens (including phenoxy) is 1. The van der Waals surface area contributed by atoms with Crippen molar-refractivity contribution in [3.8, 4) is 0 Å². The first-order valence-electron chi connectivity index (χ1n) is 11.9. The molecular weight excluding hydrogens is 382 g/mol. The van der Waals surface area contributed by atoms with E-state index >= 15 is 0 Å². The van der Waals surface area contributed by atoms with E-state index in [4.69, 9.17) is 4.74 Å². The maximum absolute atomic E-state index is 12.0. The largest absolute Gasteiger partial charge is 0.450 e. The van der Waals surface area contributed by atoms with E-state index in [0.717, 1.165) is 19.5 Å². The number of hydrogen-bond acceptors (Lipinski definition) is 8. The van der Waals surface area contributed by atoms with Crippen LogP contribution in [0.1, 0.15) is 51.9 Å². The molecule has 30 heavy (non-hydrogen) atoms. The van der Waals surface area contributed by atoms with Crippen molar-refractivity contribution >= 4 is 6.09 Å². The first-order valence-corrected chi connectivity index (χ1v) is 11.9. The Bertz CT molecular complexity index is 660. The average molecular weight is 420 g/mol. The molecule has 4 aliphatic heterocycles. The summed E-state index contributed by atoms with van der Waals surface area (Å²) in [5.41, 5.74) is 3.57. The number of hydrogen-bond donors (Lipinski definition) is 1. The molecule has 5 rings (SSSR count). The lowest BCUT2D eigenvalue weighted by atomic mass is 9.64. The molecule has 0 bridgehead atoms. The standard InChI is InChI=1S/C21H37N7O2/c1-3-30-20(29)27-12-8-21(15-27)13-17(14-21)26-10-6-16(7-11-26)28-9-4-5-18(28)19-22-23-24-25(19)2/h16-19H,3-15H2,1-2H3,(H,22,24). The first kappa shape index (κ1) is 20.3. The Morgan fingerprint density at radius 3 is 2.63 bits per heavy atom. The van der Waals surface area contributed by atoms with Crippen molar-refractivity contribution < 1.29 is 9.53 Å². The highest BCUT2D eigenvalue weighted by atomic mass is 16.6. The average Bonchev–Trinajstić information content (AvgIpc) is 3.46. The fourth-order valence-corrected chi connectivity index (χ4v) is 6.66. The SMILES string of the molecule is CCOC(=O)N1CCC2(CC(N3CCC(N4CCCC4C4NN=NN4C)CC3)C2)C1. The van der Waals surface area contributed by atoms with Gasteiger partial charge in [-0.1, -0.05) is 10.4 Å². The van der Waals surface area contributed by atoms with Crippen molar-refractivity contribution in [3.63, 3.8) is 0 Å². The van der Waals surface area contributed by atoms with E-state index in [1.165, 1.54) is 58.2 Å². The predicted octanol–water partition coefficient (Wildman–Crippen LogP) is 2.07. The third-order valence-electron chi connectivity index (χ3n) is 8.27. The van der Waals surface area contributed by atoms with Crippen LogP contribution in [0.15, 0.2) is 10.4 Å². The first-order chi connectivity index (χ1) is 14.6. The van der Waals surface area contributed by atoms with Gasteiger partial charge in [0.15, 0.2) is 0 Å². The third kappa shape index (κ3) is 3.64. The van der Waals surface area contributed by atoms with Gasteiger partial charge in [-0.05, 0) is 76.9 Å². The molecule has 1 spiro atoms. The molecule has 1 amide bonds. The van der Waals surface area contributed by atoms with Gasteiger partial charge >= 0.3 is 6.09 Å². The molecule has 0 aromatic carbocycles. The van der Waals surface area contributed by atoms with Crippen molar-refractivity contribution in [1.29, 1.82) is 0 Å². The number of rotatable bonds is 4. The van der Waals surface area contributed by atoms with Crippen LogP contribution < -0.4 is 5.43 Å². The third-order valence-corrected chi connectivity index (χ3v) is 8.27. The van der Waals surface area contributed by atoms with Crippen molar-refractivity contribution in [3.05, 3.63) is 0 Å². The van der Waals surface area contributed by atoms with Gasteiger partial charge in [-0.25, -0.2) is 4.79 Å². The van der Waals surface area contributed by atoms with Gasteiger partial charge in [-0.3, -0.25) is 15.3 Å². The van der Waals surface area contributed by atoms with Crippen LogP contribution in [0.25, 0.3) is 0 Å². The van der Waals surface area contributed by atoms with E-state index in [1.807, 2.05) is 23.9 Å². The molecule has 5 aliphatic rings. The Hall–Kier alpha value is -1.61. The van der Waals surface area contributed by atoms with E-state index in [-0.39, 0.29) is 12.3 Å². The molecule has 4 fully saturated rings. The highest BCUT2D eigenvalue weighted by Gasteiger charge is 2.52. The van der Waals surface area contributed by atoms with Crippen LogP contribution in [0.5, 0.6) is 0 Å². The summed E-state index contributed by atoms with van der Waals surface area (Å²) in [6, 6.07) is 1.91.